The third-order valence-corrected chi connectivity index (χ3v) is 5.96. The van der Waals surface area contributed by atoms with Crippen LogP contribution in [0.15, 0.2) is 48.5 Å². The number of hydrogen-bond donors (Lipinski definition) is 3. The Kier molecular flexibility index (Phi) is 8.12. The quantitative estimate of drug-likeness (QED) is 0.523. The first-order chi connectivity index (χ1) is 14.6. The Morgan fingerprint density at radius 3 is 2.30 bits per heavy atom. The monoisotopic (exact) mass is 429 g/mol. The van der Waals surface area contributed by atoms with E-state index in [4.69, 9.17) is 15.2 Å². The van der Waals surface area contributed by atoms with E-state index in [-0.39, 0.29) is 6.54 Å². The molecule has 2 aromatic carbocycles. The van der Waals surface area contributed by atoms with Gasteiger partial charge in [-0.2, -0.15) is 0 Å². The molecule has 160 valence electrons. The molecule has 0 radical (unpaired) electrons. The summed E-state index contributed by atoms with van der Waals surface area (Å²) < 4.78 is 10.7. The summed E-state index contributed by atoms with van der Waals surface area (Å²) in [7, 11) is 1.29. The van der Waals surface area contributed by atoms with E-state index in [0.29, 0.717) is 17.4 Å². The fourth-order valence-electron chi connectivity index (χ4n) is 3.20. The van der Waals surface area contributed by atoms with Crippen LogP contribution >= 0.6 is 11.8 Å². The molecule has 0 aromatic heterocycles. The van der Waals surface area contributed by atoms with E-state index in [1.54, 1.807) is 0 Å². The van der Waals surface area contributed by atoms with Gasteiger partial charge in [-0.25, -0.2) is 4.79 Å². The standard InChI is InChI=1S/C22H27N3O4S/c1-28-22(27)20(25-21(26)12-23)11-16-4-8-18(9-5-16)29-17-6-2-15(3-7-17)10-19-13-24-14-30-19/h2-9,19-20,24H,10-14,23H2,1H3,(H,25,26). The lowest BCUT2D eigenvalue weighted by Crippen LogP contribution is -2.45. The van der Waals surface area contributed by atoms with Gasteiger partial charge in [0.2, 0.25) is 5.91 Å². The second-order valence-corrected chi connectivity index (χ2v) is 8.32. The van der Waals surface area contributed by atoms with Crippen LogP contribution in [0.3, 0.4) is 0 Å². The number of esters is 1. The van der Waals surface area contributed by atoms with Gasteiger partial charge >= 0.3 is 5.97 Å². The highest BCUT2D eigenvalue weighted by Gasteiger charge is 2.21. The van der Waals surface area contributed by atoms with E-state index in [1.165, 1.54) is 12.7 Å². The minimum atomic E-state index is -0.779. The molecule has 0 saturated carbocycles. The van der Waals surface area contributed by atoms with Crippen LogP contribution in [0.1, 0.15) is 11.1 Å². The van der Waals surface area contributed by atoms with Crippen molar-refractivity contribution < 1.29 is 19.1 Å². The molecular formula is C22H27N3O4S. The van der Waals surface area contributed by atoms with E-state index in [1.807, 2.05) is 48.2 Å². The molecule has 1 aliphatic heterocycles. The van der Waals surface area contributed by atoms with Crippen LogP contribution in [0.4, 0.5) is 0 Å². The summed E-state index contributed by atoms with van der Waals surface area (Å²) in [6, 6.07) is 14.8. The van der Waals surface area contributed by atoms with Gasteiger partial charge in [-0.15, -0.1) is 11.8 Å². The van der Waals surface area contributed by atoms with Crippen molar-refractivity contribution in [3.8, 4) is 11.5 Å². The van der Waals surface area contributed by atoms with Crippen molar-refractivity contribution in [1.29, 1.82) is 0 Å². The average molecular weight is 430 g/mol. The molecule has 4 N–H and O–H groups in total. The number of ether oxygens (including phenoxy) is 2. The molecule has 1 amide bonds. The molecule has 7 nitrogen and oxygen atoms in total. The summed E-state index contributed by atoms with van der Waals surface area (Å²) in [6.45, 7) is 0.872. The van der Waals surface area contributed by atoms with Gasteiger partial charge in [0, 0.05) is 24.1 Å². The number of carbonyl (C=O) groups is 2. The number of thioether (sulfide) groups is 1. The smallest absolute Gasteiger partial charge is 0.328 e. The van der Waals surface area contributed by atoms with Crippen LogP contribution in [0, 0.1) is 0 Å². The molecule has 1 fully saturated rings. The van der Waals surface area contributed by atoms with Crippen LogP contribution in [0.2, 0.25) is 0 Å². The second kappa shape index (κ2) is 11.0. The van der Waals surface area contributed by atoms with Crippen LogP contribution < -0.4 is 21.1 Å². The number of hydrogen-bond acceptors (Lipinski definition) is 7. The Bertz CT molecular complexity index is 836. The van der Waals surface area contributed by atoms with E-state index in [2.05, 4.69) is 22.8 Å². The highest BCUT2D eigenvalue weighted by atomic mass is 32.2. The lowest BCUT2D eigenvalue weighted by atomic mass is 10.1. The summed E-state index contributed by atoms with van der Waals surface area (Å²) >= 11 is 1.96. The average Bonchev–Trinajstić information content (AvgIpc) is 3.28. The Morgan fingerprint density at radius 1 is 1.13 bits per heavy atom. The van der Waals surface area contributed by atoms with Crippen molar-refractivity contribution in [3.63, 3.8) is 0 Å². The van der Waals surface area contributed by atoms with Gasteiger partial charge in [-0.3, -0.25) is 4.79 Å². The van der Waals surface area contributed by atoms with Gasteiger partial charge < -0.3 is 25.8 Å². The Hall–Kier alpha value is -2.55. The first kappa shape index (κ1) is 22.1. The SMILES string of the molecule is COC(=O)C(Cc1ccc(Oc2ccc(CC3CNCS3)cc2)cc1)NC(=O)CN. The van der Waals surface area contributed by atoms with Crippen LogP contribution in [-0.4, -0.2) is 49.2 Å². The van der Waals surface area contributed by atoms with Gasteiger partial charge in [0.15, 0.2) is 0 Å². The van der Waals surface area contributed by atoms with Crippen molar-refractivity contribution >= 4 is 23.6 Å². The van der Waals surface area contributed by atoms with E-state index in [0.717, 1.165) is 30.2 Å². The van der Waals surface area contributed by atoms with Crippen molar-refractivity contribution in [2.45, 2.75) is 24.1 Å². The third kappa shape index (κ3) is 6.48. The zero-order valence-corrected chi connectivity index (χ0v) is 17.7. The molecule has 2 unspecified atom stereocenters. The first-order valence-corrected chi connectivity index (χ1v) is 10.9. The number of benzene rings is 2. The molecule has 3 rings (SSSR count). The van der Waals surface area contributed by atoms with Crippen LogP contribution in [-0.2, 0) is 27.2 Å². The minimum Gasteiger partial charge on any atom is -0.467 e. The van der Waals surface area contributed by atoms with E-state index < -0.39 is 17.9 Å². The van der Waals surface area contributed by atoms with Crippen molar-refractivity contribution in [1.82, 2.24) is 10.6 Å². The molecular weight excluding hydrogens is 402 g/mol. The number of methoxy groups -OCH3 is 1. The maximum absolute atomic E-state index is 11.9. The Labute approximate surface area is 180 Å². The second-order valence-electron chi connectivity index (χ2n) is 7.03. The summed E-state index contributed by atoms with van der Waals surface area (Å²) in [5.74, 6) is 1.58. The zero-order chi connectivity index (χ0) is 21.3. The topological polar surface area (TPSA) is 103 Å². The molecule has 1 aliphatic rings. The molecule has 1 saturated heterocycles. The normalized spacial score (nSPS) is 16.7. The summed E-state index contributed by atoms with van der Waals surface area (Å²) in [6.07, 6.45) is 1.36. The van der Waals surface area contributed by atoms with Crippen molar-refractivity contribution in [3.05, 3.63) is 59.7 Å². The highest BCUT2D eigenvalue weighted by Crippen LogP contribution is 2.25. The Morgan fingerprint density at radius 2 is 1.77 bits per heavy atom. The summed E-state index contributed by atoms with van der Waals surface area (Å²) in [4.78, 5) is 23.4. The van der Waals surface area contributed by atoms with Crippen LogP contribution in [0.25, 0.3) is 0 Å². The van der Waals surface area contributed by atoms with E-state index in [9.17, 15) is 9.59 Å². The van der Waals surface area contributed by atoms with Crippen LogP contribution in [0.5, 0.6) is 11.5 Å². The maximum Gasteiger partial charge on any atom is 0.328 e. The van der Waals surface area contributed by atoms with Gasteiger partial charge in [-0.05, 0) is 41.8 Å². The third-order valence-electron chi connectivity index (χ3n) is 4.79. The number of nitrogens with one attached hydrogen (secondary N) is 2. The molecule has 0 bridgehead atoms. The molecule has 0 spiro atoms. The number of amides is 1. The maximum atomic E-state index is 11.9. The van der Waals surface area contributed by atoms with Gasteiger partial charge in [-0.1, -0.05) is 24.3 Å². The minimum absolute atomic E-state index is 0.185. The van der Waals surface area contributed by atoms with Crippen molar-refractivity contribution in [2.75, 3.05) is 26.1 Å². The first-order valence-electron chi connectivity index (χ1n) is 9.82. The molecule has 0 aliphatic carbocycles. The molecule has 1 heterocycles. The van der Waals surface area contributed by atoms with Gasteiger partial charge in [0.05, 0.1) is 13.7 Å². The number of nitrogens with two attached hydrogens (primary N) is 1. The lowest BCUT2D eigenvalue weighted by Gasteiger charge is -2.16. The summed E-state index contributed by atoms with van der Waals surface area (Å²) in [5.41, 5.74) is 7.48. The lowest BCUT2D eigenvalue weighted by molar-refractivity contribution is -0.144. The predicted octanol–water partition coefficient (Wildman–Crippen LogP) is 1.84. The van der Waals surface area contributed by atoms with E-state index >= 15 is 0 Å². The fraction of sp³-hybridized carbons (Fsp3) is 0.364. The summed E-state index contributed by atoms with van der Waals surface area (Å²) in [5, 5.41) is 6.57. The number of rotatable bonds is 9. The largest absolute Gasteiger partial charge is 0.467 e. The fourth-order valence-corrected chi connectivity index (χ4v) is 4.21. The van der Waals surface area contributed by atoms with Gasteiger partial charge in [0.1, 0.15) is 17.5 Å². The molecule has 2 atom stereocenters. The molecule has 8 heteroatoms. The van der Waals surface area contributed by atoms with Gasteiger partial charge in [0.25, 0.3) is 0 Å². The molecule has 2 aromatic rings. The predicted molar refractivity (Wildman–Crippen MR) is 118 cm³/mol. The molecule has 30 heavy (non-hydrogen) atoms. The Balaban J connectivity index is 1.56. The number of carbonyl (C=O) groups excluding carboxylic acids is 2. The zero-order valence-electron chi connectivity index (χ0n) is 16.9. The van der Waals surface area contributed by atoms with Crippen molar-refractivity contribution in [2.24, 2.45) is 5.73 Å². The highest BCUT2D eigenvalue weighted by molar-refractivity contribution is 8.00.